The lowest BCUT2D eigenvalue weighted by Crippen LogP contribution is -2.39. The number of nitrogens with zero attached hydrogens (tertiary/aromatic N) is 2. The first-order chi connectivity index (χ1) is 17.6. The normalized spacial score (nSPS) is 13.7. The molecule has 1 saturated heterocycles. The number of hydrogen-bond acceptors (Lipinski definition) is 5. The average molecular weight is 487 g/mol. The Morgan fingerprint density at radius 2 is 1.31 bits per heavy atom. The van der Waals surface area contributed by atoms with E-state index in [9.17, 15) is 14.4 Å². The molecule has 0 atom stereocenters. The van der Waals surface area contributed by atoms with Crippen LogP contribution in [0.4, 0.5) is 4.79 Å². The van der Waals surface area contributed by atoms with Crippen molar-refractivity contribution in [3.63, 3.8) is 0 Å². The molecule has 36 heavy (non-hydrogen) atoms. The molecule has 0 aliphatic carbocycles. The van der Waals surface area contributed by atoms with Crippen molar-refractivity contribution in [2.24, 2.45) is 0 Å². The maximum atomic E-state index is 13.7. The molecule has 3 aromatic carbocycles. The van der Waals surface area contributed by atoms with Gasteiger partial charge in [-0.15, -0.1) is 0 Å². The van der Waals surface area contributed by atoms with E-state index in [0.29, 0.717) is 43.9 Å². The van der Waals surface area contributed by atoms with E-state index in [4.69, 9.17) is 9.47 Å². The van der Waals surface area contributed by atoms with Crippen LogP contribution in [0.2, 0.25) is 0 Å². The SMILES string of the molecule is CCOC(=O)Oc1ccc(C(=O)N2CCCN(C(=O)C(c3ccccc3)c3ccccc3)CC2)cc1. The van der Waals surface area contributed by atoms with Crippen LogP contribution in [0.1, 0.15) is 40.7 Å². The Morgan fingerprint density at radius 1 is 0.750 bits per heavy atom. The Labute approximate surface area is 211 Å². The van der Waals surface area contributed by atoms with Crippen LogP contribution in [0.5, 0.6) is 5.75 Å². The molecule has 0 aromatic heterocycles. The molecule has 1 aliphatic heterocycles. The molecule has 1 heterocycles. The second-order valence-electron chi connectivity index (χ2n) is 8.53. The summed E-state index contributed by atoms with van der Waals surface area (Å²) < 4.78 is 9.83. The Hall–Kier alpha value is -4.13. The summed E-state index contributed by atoms with van der Waals surface area (Å²) in [5.41, 5.74) is 2.41. The number of carbonyl (C=O) groups excluding carboxylic acids is 3. The summed E-state index contributed by atoms with van der Waals surface area (Å²) in [7, 11) is 0. The number of carbonyl (C=O) groups is 3. The number of hydrogen-bond donors (Lipinski definition) is 0. The largest absolute Gasteiger partial charge is 0.513 e. The second-order valence-corrected chi connectivity index (χ2v) is 8.53. The van der Waals surface area contributed by atoms with E-state index in [1.807, 2.05) is 65.6 Å². The summed E-state index contributed by atoms with van der Waals surface area (Å²) >= 11 is 0. The molecule has 0 radical (unpaired) electrons. The van der Waals surface area contributed by atoms with E-state index in [1.54, 1.807) is 36.1 Å². The lowest BCUT2D eigenvalue weighted by Gasteiger charge is -2.27. The molecule has 7 nitrogen and oxygen atoms in total. The molecule has 3 aromatic rings. The average Bonchev–Trinajstić information content (AvgIpc) is 3.17. The first kappa shape index (κ1) is 25.0. The van der Waals surface area contributed by atoms with Crippen molar-refractivity contribution in [3.8, 4) is 5.75 Å². The third kappa shape index (κ3) is 6.10. The predicted molar refractivity (Wildman–Crippen MR) is 136 cm³/mol. The van der Waals surface area contributed by atoms with Crippen LogP contribution in [0.15, 0.2) is 84.9 Å². The van der Waals surface area contributed by atoms with Crippen LogP contribution in [0.3, 0.4) is 0 Å². The van der Waals surface area contributed by atoms with Gasteiger partial charge in [0.2, 0.25) is 5.91 Å². The summed E-state index contributed by atoms with van der Waals surface area (Å²) in [5.74, 6) is -0.149. The molecular weight excluding hydrogens is 456 g/mol. The van der Waals surface area contributed by atoms with E-state index in [0.717, 1.165) is 11.1 Å². The Balaban J connectivity index is 1.43. The fraction of sp³-hybridized carbons (Fsp3) is 0.276. The molecule has 7 heteroatoms. The lowest BCUT2D eigenvalue weighted by atomic mass is 9.90. The quantitative estimate of drug-likeness (QED) is 0.372. The summed E-state index contributed by atoms with van der Waals surface area (Å²) in [6.45, 7) is 3.98. The molecule has 1 fully saturated rings. The van der Waals surface area contributed by atoms with Crippen LogP contribution in [-0.4, -0.2) is 60.6 Å². The van der Waals surface area contributed by atoms with Gasteiger partial charge in [-0.25, -0.2) is 4.79 Å². The second kappa shape index (κ2) is 12.0. The van der Waals surface area contributed by atoms with Crippen molar-refractivity contribution in [2.75, 3.05) is 32.8 Å². The fourth-order valence-electron chi connectivity index (χ4n) is 4.38. The molecule has 0 bridgehead atoms. The van der Waals surface area contributed by atoms with Crippen molar-refractivity contribution < 1.29 is 23.9 Å². The van der Waals surface area contributed by atoms with E-state index in [1.165, 1.54) is 0 Å². The van der Waals surface area contributed by atoms with Crippen molar-refractivity contribution in [2.45, 2.75) is 19.3 Å². The molecular formula is C29H30N2O5. The molecule has 0 N–H and O–H groups in total. The minimum absolute atomic E-state index is 0.0437. The van der Waals surface area contributed by atoms with Gasteiger partial charge in [0, 0.05) is 31.7 Å². The van der Waals surface area contributed by atoms with Gasteiger partial charge in [-0.05, 0) is 48.7 Å². The van der Waals surface area contributed by atoms with Crippen molar-refractivity contribution in [1.29, 1.82) is 0 Å². The third-order valence-corrected chi connectivity index (χ3v) is 6.17. The third-order valence-electron chi connectivity index (χ3n) is 6.17. The topological polar surface area (TPSA) is 76.2 Å². The molecule has 1 aliphatic rings. The monoisotopic (exact) mass is 486 g/mol. The Bertz CT molecular complexity index is 1130. The van der Waals surface area contributed by atoms with Gasteiger partial charge < -0.3 is 19.3 Å². The highest BCUT2D eigenvalue weighted by Gasteiger charge is 2.29. The minimum Gasteiger partial charge on any atom is -0.434 e. The van der Waals surface area contributed by atoms with Crippen LogP contribution in [0, 0.1) is 0 Å². The van der Waals surface area contributed by atoms with E-state index >= 15 is 0 Å². The standard InChI is InChI=1S/C29H30N2O5/c1-2-35-29(34)36-25-16-14-24(15-17-25)27(32)30-18-9-19-31(21-20-30)28(33)26(22-10-5-3-6-11-22)23-12-7-4-8-13-23/h3-8,10-17,26H,2,9,18-21H2,1H3. The molecule has 0 unspecified atom stereocenters. The van der Waals surface area contributed by atoms with Gasteiger partial charge in [-0.2, -0.15) is 0 Å². The zero-order valence-electron chi connectivity index (χ0n) is 20.3. The number of ether oxygens (including phenoxy) is 2. The van der Waals surface area contributed by atoms with Crippen LogP contribution in [-0.2, 0) is 9.53 Å². The van der Waals surface area contributed by atoms with Crippen LogP contribution < -0.4 is 4.74 Å². The van der Waals surface area contributed by atoms with Gasteiger partial charge in [0.05, 0.1) is 12.5 Å². The van der Waals surface area contributed by atoms with Crippen LogP contribution >= 0.6 is 0 Å². The van der Waals surface area contributed by atoms with Gasteiger partial charge in [0.25, 0.3) is 5.91 Å². The highest BCUT2D eigenvalue weighted by Crippen LogP contribution is 2.27. The van der Waals surface area contributed by atoms with E-state index in [-0.39, 0.29) is 24.3 Å². The first-order valence-electron chi connectivity index (χ1n) is 12.2. The number of rotatable bonds is 6. The molecule has 0 spiro atoms. The maximum absolute atomic E-state index is 13.7. The first-order valence-corrected chi connectivity index (χ1v) is 12.2. The molecule has 2 amide bonds. The Morgan fingerprint density at radius 3 is 1.89 bits per heavy atom. The zero-order valence-corrected chi connectivity index (χ0v) is 20.3. The van der Waals surface area contributed by atoms with Gasteiger partial charge in [-0.1, -0.05) is 60.7 Å². The molecule has 4 rings (SSSR count). The fourth-order valence-corrected chi connectivity index (χ4v) is 4.38. The number of amides is 2. The lowest BCUT2D eigenvalue weighted by molar-refractivity contribution is -0.131. The summed E-state index contributed by atoms with van der Waals surface area (Å²) in [6.07, 6.45) is -0.0872. The number of benzene rings is 3. The molecule has 0 saturated carbocycles. The zero-order chi connectivity index (χ0) is 25.3. The maximum Gasteiger partial charge on any atom is 0.513 e. The van der Waals surface area contributed by atoms with Crippen molar-refractivity contribution >= 4 is 18.0 Å². The molecule has 186 valence electrons. The van der Waals surface area contributed by atoms with Gasteiger partial charge in [-0.3, -0.25) is 9.59 Å². The van der Waals surface area contributed by atoms with Gasteiger partial charge >= 0.3 is 6.16 Å². The minimum atomic E-state index is -0.779. The predicted octanol–water partition coefficient (Wildman–Crippen LogP) is 4.73. The Kier molecular flexibility index (Phi) is 8.34. The van der Waals surface area contributed by atoms with Crippen molar-refractivity contribution in [3.05, 3.63) is 102 Å². The van der Waals surface area contributed by atoms with Crippen molar-refractivity contribution in [1.82, 2.24) is 9.80 Å². The van der Waals surface area contributed by atoms with E-state index in [2.05, 4.69) is 0 Å². The van der Waals surface area contributed by atoms with Gasteiger partial charge in [0.15, 0.2) is 0 Å². The highest BCUT2D eigenvalue weighted by atomic mass is 16.7. The van der Waals surface area contributed by atoms with Crippen LogP contribution in [0.25, 0.3) is 0 Å². The summed E-state index contributed by atoms with van der Waals surface area (Å²) in [5, 5.41) is 0. The van der Waals surface area contributed by atoms with E-state index < -0.39 is 6.16 Å². The summed E-state index contributed by atoms with van der Waals surface area (Å²) in [6, 6.07) is 26.0. The summed E-state index contributed by atoms with van der Waals surface area (Å²) in [4.78, 5) is 42.0. The highest BCUT2D eigenvalue weighted by molar-refractivity contribution is 5.94. The smallest absolute Gasteiger partial charge is 0.434 e. The van der Waals surface area contributed by atoms with Gasteiger partial charge in [0.1, 0.15) is 5.75 Å².